The second-order valence-electron chi connectivity index (χ2n) is 3.83. The molecule has 3 atom stereocenters. The van der Waals surface area contributed by atoms with Gasteiger partial charge in [-0.3, -0.25) is 0 Å². The highest BCUT2D eigenvalue weighted by molar-refractivity contribution is 4.95. The van der Waals surface area contributed by atoms with Crippen molar-refractivity contribution in [3.63, 3.8) is 0 Å². The summed E-state index contributed by atoms with van der Waals surface area (Å²) in [5.41, 5.74) is 0. The monoisotopic (exact) mass is 140 g/mol. The lowest BCUT2D eigenvalue weighted by molar-refractivity contribution is 0.234. The van der Waals surface area contributed by atoms with E-state index in [0.29, 0.717) is 0 Å². The molecule has 0 aromatic rings. The molecule has 1 N–H and O–H groups in total. The lowest BCUT2D eigenvalue weighted by atomic mass is 9.95. The summed E-state index contributed by atoms with van der Waals surface area (Å²) < 4.78 is 0. The molecule has 0 aliphatic carbocycles. The number of likely N-dealkylation sites (tertiary alicyclic amines) is 1. The molecular weight excluding hydrogens is 124 g/mol. The fraction of sp³-hybridized carbons (Fsp3) is 1.00. The van der Waals surface area contributed by atoms with E-state index in [4.69, 9.17) is 0 Å². The Hall–Kier alpha value is -0.0800. The molecule has 0 saturated carbocycles. The van der Waals surface area contributed by atoms with Crippen molar-refractivity contribution in [2.24, 2.45) is 5.92 Å². The van der Waals surface area contributed by atoms with Crippen LogP contribution in [0.25, 0.3) is 0 Å². The number of likely N-dealkylation sites (N-methyl/N-ethyl adjacent to an activating group) is 1. The fourth-order valence-electron chi connectivity index (χ4n) is 2.33. The first kappa shape index (κ1) is 6.62. The van der Waals surface area contributed by atoms with Gasteiger partial charge < -0.3 is 10.2 Å². The molecule has 2 unspecified atom stereocenters. The highest BCUT2D eigenvalue weighted by Gasteiger charge is 2.36. The zero-order valence-corrected chi connectivity index (χ0v) is 6.80. The minimum absolute atomic E-state index is 0.797. The predicted octanol–water partition coefficient (Wildman–Crippen LogP) is 0.298. The van der Waals surface area contributed by atoms with E-state index in [-0.39, 0.29) is 0 Å². The lowest BCUT2D eigenvalue weighted by Crippen LogP contribution is -2.41. The van der Waals surface area contributed by atoms with Crippen molar-refractivity contribution in [1.29, 1.82) is 0 Å². The van der Waals surface area contributed by atoms with Gasteiger partial charge in [0.1, 0.15) is 0 Å². The van der Waals surface area contributed by atoms with Crippen LogP contribution in [-0.4, -0.2) is 37.1 Å². The maximum Gasteiger partial charge on any atom is 0.0210 e. The molecule has 10 heavy (non-hydrogen) atoms. The van der Waals surface area contributed by atoms with E-state index in [9.17, 15) is 0 Å². The third-order valence-electron chi connectivity index (χ3n) is 2.99. The van der Waals surface area contributed by atoms with Crippen LogP contribution in [0.1, 0.15) is 13.3 Å². The predicted molar refractivity (Wildman–Crippen MR) is 42.0 cm³/mol. The fourth-order valence-corrected chi connectivity index (χ4v) is 2.33. The van der Waals surface area contributed by atoms with E-state index in [2.05, 4.69) is 24.2 Å². The molecule has 0 aromatic heterocycles. The summed E-state index contributed by atoms with van der Waals surface area (Å²) in [6.45, 7) is 4.82. The third-order valence-corrected chi connectivity index (χ3v) is 2.99. The molecule has 2 aliphatic rings. The summed E-state index contributed by atoms with van der Waals surface area (Å²) in [6, 6.07) is 1.66. The number of rotatable bonds is 0. The zero-order valence-electron chi connectivity index (χ0n) is 6.80. The van der Waals surface area contributed by atoms with Crippen LogP contribution in [0.4, 0.5) is 0 Å². The van der Waals surface area contributed by atoms with Gasteiger partial charge in [-0.2, -0.15) is 0 Å². The van der Waals surface area contributed by atoms with Gasteiger partial charge in [-0.05, 0) is 25.9 Å². The average Bonchev–Trinajstić information content (AvgIpc) is 2.21. The van der Waals surface area contributed by atoms with E-state index < -0.39 is 0 Å². The van der Waals surface area contributed by atoms with Crippen molar-refractivity contribution >= 4 is 0 Å². The summed E-state index contributed by atoms with van der Waals surface area (Å²) >= 11 is 0. The van der Waals surface area contributed by atoms with Gasteiger partial charge in [-0.25, -0.2) is 0 Å². The minimum Gasteiger partial charge on any atom is -0.312 e. The molecule has 0 aromatic carbocycles. The van der Waals surface area contributed by atoms with E-state index in [1.54, 1.807) is 0 Å². The molecule has 2 rings (SSSR count). The smallest absolute Gasteiger partial charge is 0.0210 e. The summed E-state index contributed by atoms with van der Waals surface area (Å²) in [4.78, 5) is 2.50. The van der Waals surface area contributed by atoms with E-state index in [1.165, 1.54) is 19.5 Å². The molecule has 2 aliphatic heterocycles. The van der Waals surface area contributed by atoms with Gasteiger partial charge in [0.15, 0.2) is 0 Å². The Morgan fingerprint density at radius 2 is 2.30 bits per heavy atom. The van der Waals surface area contributed by atoms with Crippen LogP contribution in [0.15, 0.2) is 0 Å². The highest BCUT2D eigenvalue weighted by Crippen LogP contribution is 2.26. The Kier molecular flexibility index (Phi) is 1.46. The number of nitrogens with zero attached hydrogens (tertiary/aromatic N) is 1. The summed E-state index contributed by atoms with van der Waals surface area (Å²) in [6.07, 6.45) is 1.37. The molecule has 2 bridgehead atoms. The molecule has 2 heterocycles. The molecule has 2 saturated heterocycles. The molecule has 2 fully saturated rings. The van der Waals surface area contributed by atoms with Crippen LogP contribution in [0.3, 0.4) is 0 Å². The van der Waals surface area contributed by atoms with E-state index in [1.807, 2.05) is 0 Å². The van der Waals surface area contributed by atoms with Crippen molar-refractivity contribution in [3.8, 4) is 0 Å². The highest BCUT2D eigenvalue weighted by atomic mass is 15.2. The standard InChI is InChI=1S/C8H16N2/c1-6-4-9-7-3-8(6)10(2)5-7/h6-9H,3-5H2,1-2H3/t6?,7?,8-/m1/s1. The van der Waals surface area contributed by atoms with Crippen LogP contribution >= 0.6 is 0 Å². The van der Waals surface area contributed by atoms with E-state index in [0.717, 1.165) is 18.0 Å². The molecule has 0 amide bonds. The first-order valence-corrected chi connectivity index (χ1v) is 4.21. The van der Waals surface area contributed by atoms with Crippen LogP contribution < -0.4 is 5.32 Å². The average molecular weight is 140 g/mol. The second-order valence-corrected chi connectivity index (χ2v) is 3.83. The molecule has 0 spiro atoms. The van der Waals surface area contributed by atoms with Crippen molar-refractivity contribution in [1.82, 2.24) is 10.2 Å². The maximum atomic E-state index is 3.55. The summed E-state index contributed by atoms with van der Waals surface area (Å²) in [7, 11) is 2.24. The first-order chi connectivity index (χ1) is 4.77. The molecule has 2 nitrogen and oxygen atoms in total. The van der Waals surface area contributed by atoms with Crippen molar-refractivity contribution in [2.75, 3.05) is 20.1 Å². The molecular formula is C8H16N2. The van der Waals surface area contributed by atoms with Gasteiger partial charge in [-0.1, -0.05) is 6.92 Å². The van der Waals surface area contributed by atoms with Crippen molar-refractivity contribution in [3.05, 3.63) is 0 Å². The number of hydrogen-bond acceptors (Lipinski definition) is 2. The van der Waals surface area contributed by atoms with Crippen LogP contribution in [0.5, 0.6) is 0 Å². The van der Waals surface area contributed by atoms with Gasteiger partial charge in [0.2, 0.25) is 0 Å². The number of nitrogens with one attached hydrogen (secondary N) is 1. The SMILES string of the molecule is CC1CNC2C[C@H]1N(C)C2. The second kappa shape index (κ2) is 2.21. The molecule has 58 valence electrons. The largest absolute Gasteiger partial charge is 0.312 e. The van der Waals surface area contributed by atoms with Crippen molar-refractivity contribution in [2.45, 2.75) is 25.4 Å². The lowest BCUT2D eigenvalue weighted by Gasteiger charge is -2.28. The van der Waals surface area contributed by atoms with E-state index >= 15 is 0 Å². The van der Waals surface area contributed by atoms with Crippen molar-refractivity contribution < 1.29 is 0 Å². The molecule has 2 heteroatoms. The normalized spacial score (nSPS) is 48.0. The Morgan fingerprint density at radius 1 is 1.50 bits per heavy atom. The van der Waals surface area contributed by atoms with Gasteiger partial charge in [0.25, 0.3) is 0 Å². The minimum atomic E-state index is 0.797. The van der Waals surface area contributed by atoms with Gasteiger partial charge in [-0.15, -0.1) is 0 Å². The summed E-state index contributed by atoms with van der Waals surface area (Å²) in [5.74, 6) is 0.851. The number of piperidine rings is 1. The zero-order chi connectivity index (χ0) is 7.14. The molecule has 0 radical (unpaired) electrons. The van der Waals surface area contributed by atoms with Crippen LogP contribution in [0, 0.1) is 5.92 Å². The number of fused-ring (bicyclic) bond motifs is 2. The first-order valence-electron chi connectivity index (χ1n) is 4.21. The maximum absolute atomic E-state index is 3.55. The van der Waals surface area contributed by atoms with Crippen LogP contribution in [0.2, 0.25) is 0 Å². The number of hydrogen-bond donors (Lipinski definition) is 1. The Bertz CT molecular complexity index is 131. The topological polar surface area (TPSA) is 15.3 Å². The Morgan fingerprint density at radius 3 is 3.00 bits per heavy atom. The quantitative estimate of drug-likeness (QED) is 0.520. The Balaban J connectivity index is 2.10. The Labute approximate surface area is 62.6 Å². The summed E-state index contributed by atoms with van der Waals surface area (Å²) in [5, 5.41) is 3.55. The van der Waals surface area contributed by atoms with Gasteiger partial charge in [0, 0.05) is 18.6 Å². The van der Waals surface area contributed by atoms with Gasteiger partial charge >= 0.3 is 0 Å². The van der Waals surface area contributed by atoms with Gasteiger partial charge in [0.05, 0.1) is 0 Å². The van der Waals surface area contributed by atoms with Crippen LogP contribution in [-0.2, 0) is 0 Å². The third kappa shape index (κ3) is 0.867.